The maximum Gasteiger partial charge on any atom is 0.262 e. The maximum atomic E-state index is 13.2. The number of thiophene rings is 1. The molecule has 0 saturated heterocycles. The lowest BCUT2D eigenvalue weighted by Crippen LogP contribution is -2.24. The summed E-state index contributed by atoms with van der Waals surface area (Å²) in [6, 6.07) is 7.38. The molecule has 128 valence electrons. The third-order valence-corrected chi connectivity index (χ3v) is 6.14. The lowest BCUT2D eigenvalue weighted by Gasteiger charge is -2.13. The smallest absolute Gasteiger partial charge is 0.262 e. The monoisotopic (exact) mass is 372 g/mol. The van der Waals surface area contributed by atoms with Gasteiger partial charge in [0.25, 0.3) is 5.56 Å². The van der Waals surface area contributed by atoms with Crippen molar-refractivity contribution in [2.24, 2.45) is 0 Å². The van der Waals surface area contributed by atoms with Gasteiger partial charge in [0.05, 0.1) is 10.4 Å². The van der Waals surface area contributed by atoms with E-state index in [-0.39, 0.29) is 11.3 Å². The fourth-order valence-corrected chi connectivity index (χ4v) is 4.87. The molecule has 0 N–H and O–H groups in total. The molecular weight excluding hydrogens is 356 g/mol. The van der Waals surface area contributed by atoms with Gasteiger partial charge in [-0.1, -0.05) is 23.7 Å². The standard InChI is InChI=1S/C19H17ClN2O2S/c1-11(23)9-10-22-17(12-5-2-3-7-14(12)20)21-18-16(19(22)24)13-6-4-8-15(13)25-18/h2-3,5,7H,4,6,8-10H2,1H3. The molecule has 0 saturated carbocycles. The molecule has 0 amide bonds. The van der Waals surface area contributed by atoms with Crippen LogP contribution in [0.5, 0.6) is 0 Å². The predicted molar refractivity (Wildman–Crippen MR) is 102 cm³/mol. The molecule has 6 heteroatoms. The lowest BCUT2D eigenvalue weighted by atomic mass is 10.1. The molecule has 0 radical (unpaired) electrons. The molecule has 4 nitrogen and oxygen atoms in total. The van der Waals surface area contributed by atoms with Crippen LogP contribution in [0, 0.1) is 0 Å². The summed E-state index contributed by atoms with van der Waals surface area (Å²) < 4.78 is 1.62. The Kier molecular flexibility index (Phi) is 4.21. The van der Waals surface area contributed by atoms with Crippen molar-refractivity contribution in [1.82, 2.24) is 9.55 Å². The molecule has 1 aromatic carbocycles. The number of aryl methyl sites for hydroxylation is 2. The summed E-state index contributed by atoms with van der Waals surface area (Å²) in [5.74, 6) is 0.594. The number of fused-ring (bicyclic) bond motifs is 3. The van der Waals surface area contributed by atoms with E-state index in [0.717, 1.165) is 40.6 Å². The number of ketones is 1. The molecule has 3 aromatic rings. The number of benzene rings is 1. The van der Waals surface area contributed by atoms with Crippen molar-refractivity contribution in [3.05, 3.63) is 50.1 Å². The molecule has 1 aliphatic carbocycles. The van der Waals surface area contributed by atoms with Crippen molar-refractivity contribution in [2.45, 2.75) is 39.2 Å². The summed E-state index contributed by atoms with van der Waals surface area (Å²) in [5, 5.41) is 1.28. The number of carbonyl (C=O) groups is 1. The molecular formula is C19H17ClN2O2S. The number of nitrogens with zero attached hydrogens (tertiary/aromatic N) is 2. The summed E-state index contributed by atoms with van der Waals surface area (Å²) in [6.07, 6.45) is 3.35. The van der Waals surface area contributed by atoms with Crippen molar-refractivity contribution in [2.75, 3.05) is 0 Å². The highest BCUT2D eigenvalue weighted by Gasteiger charge is 2.24. The number of carbonyl (C=O) groups excluding carboxylic acids is 1. The first-order valence-electron chi connectivity index (χ1n) is 8.35. The van der Waals surface area contributed by atoms with Gasteiger partial charge in [-0.05, 0) is 43.9 Å². The van der Waals surface area contributed by atoms with Crippen molar-refractivity contribution in [3.63, 3.8) is 0 Å². The highest BCUT2D eigenvalue weighted by atomic mass is 35.5. The zero-order valence-electron chi connectivity index (χ0n) is 13.8. The summed E-state index contributed by atoms with van der Waals surface area (Å²) in [7, 11) is 0. The molecule has 2 heterocycles. The Morgan fingerprint density at radius 1 is 1.32 bits per heavy atom. The van der Waals surface area contributed by atoms with Gasteiger partial charge in [0.15, 0.2) is 0 Å². The van der Waals surface area contributed by atoms with Crippen LogP contribution in [-0.2, 0) is 24.2 Å². The molecule has 0 atom stereocenters. The summed E-state index contributed by atoms with van der Waals surface area (Å²) in [6.45, 7) is 1.86. The quantitative estimate of drug-likeness (QED) is 0.688. The van der Waals surface area contributed by atoms with Gasteiger partial charge in [-0.15, -0.1) is 11.3 Å². The summed E-state index contributed by atoms with van der Waals surface area (Å²) >= 11 is 7.97. The van der Waals surface area contributed by atoms with Crippen LogP contribution in [0.2, 0.25) is 5.02 Å². The van der Waals surface area contributed by atoms with E-state index in [1.165, 1.54) is 11.8 Å². The van der Waals surface area contributed by atoms with E-state index in [9.17, 15) is 9.59 Å². The second-order valence-corrected chi connectivity index (χ2v) is 7.85. The van der Waals surface area contributed by atoms with E-state index in [1.807, 2.05) is 18.2 Å². The first-order valence-corrected chi connectivity index (χ1v) is 9.55. The van der Waals surface area contributed by atoms with Crippen LogP contribution >= 0.6 is 22.9 Å². The molecule has 2 aromatic heterocycles. The Hall–Kier alpha value is -1.98. The van der Waals surface area contributed by atoms with E-state index in [0.29, 0.717) is 23.8 Å². The molecule has 0 aliphatic heterocycles. The number of hydrogen-bond acceptors (Lipinski definition) is 4. The second-order valence-electron chi connectivity index (χ2n) is 6.36. The van der Waals surface area contributed by atoms with Gasteiger partial charge in [-0.3, -0.25) is 14.2 Å². The molecule has 0 bridgehead atoms. The van der Waals surface area contributed by atoms with Crippen LogP contribution in [-0.4, -0.2) is 15.3 Å². The SMILES string of the molecule is CC(=O)CCn1c(-c2ccccc2Cl)nc2sc3c(c2c1=O)CCC3. The minimum absolute atomic E-state index is 0.0488. The first-order chi connectivity index (χ1) is 12.1. The van der Waals surface area contributed by atoms with Crippen LogP contribution < -0.4 is 5.56 Å². The van der Waals surface area contributed by atoms with E-state index in [2.05, 4.69) is 0 Å². The van der Waals surface area contributed by atoms with Crippen molar-refractivity contribution in [3.8, 4) is 11.4 Å². The largest absolute Gasteiger partial charge is 0.300 e. The number of hydrogen-bond donors (Lipinski definition) is 0. The number of rotatable bonds is 4. The fraction of sp³-hybridized carbons (Fsp3) is 0.316. The third-order valence-electron chi connectivity index (χ3n) is 4.63. The normalized spacial score (nSPS) is 13.4. The zero-order valence-corrected chi connectivity index (χ0v) is 15.4. The molecule has 0 unspecified atom stereocenters. The Morgan fingerprint density at radius 2 is 2.12 bits per heavy atom. The van der Waals surface area contributed by atoms with Gasteiger partial charge in [0.2, 0.25) is 0 Å². The number of aromatic nitrogens is 2. The first kappa shape index (κ1) is 16.5. The average molecular weight is 373 g/mol. The average Bonchev–Trinajstić information content (AvgIpc) is 3.14. The van der Waals surface area contributed by atoms with E-state index >= 15 is 0 Å². The number of halogens is 1. The Labute approximate surface area is 154 Å². The van der Waals surface area contributed by atoms with Gasteiger partial charge in [0.1, 0.15) is 16.4 Å². The van der Waals surface area contributed by atoms with Crippen molar-refractivity contribution in [1.29, 1.82) is 0 Å². The van der Waals surface area contributed by atoms with Gasteiger partial charge in [0, 0.05) is 23.4 Å². The Morgan fingerprint density at radius 3 is 2.88 bits per heavy atom. The number of Topliss-reactive ketones (excluding diaryl/α,β-unsaturated/α-hetero) is 1. The van der Waals surface area contributed by atoms with Crippen LogP contribution in [0.15, 0.2) is 29.1 Å². The van der Waals surface area contributed by atoms with E-state index in [1.54, 1.807) is 22.0 Å². The highest BCUT2D eigenvalue weighted by molar-refractivity contribution is 7.18. The maximum absolute atomic E-state index is 13.2. The second kappa shape index (κ2) is 6.39. The lowest BCUT2D eigenvalue weighted by molar-refractivity contribution is -0.117. The summed E-state index contributed by atoms with van der Waals surface area (Å²) in [4.78, 5) is 31.6. The van der Waals surface area contributed by atoms with Gasteiger partial charge in [-0.25, -0.2) is 4.98 Å². The third kappa shape index (κ3) is 2.81. The van der Waals surface area contributed by atoms with E-state index in [4.69, 9.17) is 16.6 Å². The minimum Gasteiger partial charge on any atom is -0.300 e. The molecule has 25 heavy (non-hydrogen) atoms. The van der Waals surface area contributed by atoms with Gasteiger partial charge >= 0.3 is 0 Å². The van der Waals surface area contributed by atoms with E-state index < -0.39 is 0 Å². The van der Waals surface area contributed by atoms with Crippen molar-refractivity contribution >= 4 is 38.9 Å². The van der Waals surface area contributed by atoms with Crippen LogP contribution in [0.4, 0.5) is 0 Å². The molecule has 4 rings (SSSR count). The van der Waals surface area contributed by atoms with Crippen LogP contribution in [0.3, 0.4) is 0 Å². The van der Waals surface area contributed by atoms with Crippen LogP contribution in [0.1, 0.15) is 30.2 Å². The van der Waals surface area contributed by atoms with Crippen molar-refractivity contribution < 1.29 is 4.79 Å². The highest BCUT2D eigenvalue weighted by Crippen LogP contribution is 2.36. The molecule has 0 fully saturated rings. The van der Waals surface area contributed by atoms with Crippen LogP contribution in [0.25, 0.3) is 21.6 Å². The molecule has 0 spiro atoms. The molecule has 1 aliphatic rings. The Bertz CT molecular complexity index is 1050. The van der Waals surface area contributed by atoms with Gasteiger partial charge < -0.3 is 0 Å². The minimum atomic E-state index is -0.0550. The Balaban J connectivity index is 2.00. The zero-order chi connectivity index (χ0) is 17.6. The fourth-order valence-electron chi connectivity index (χ4n) is 3.40. The predicted octanol–water partition coefficient (Wildman–Crippen LogP) is 4.25. The van der Waals surface area contributed by atoms with Gasteiger partial charge in [-0.2, -0.15) is 0 Å². The topological polar surface area (TPSA) is 52.0 Å². The summed E-state index contributed by atoms with van der Waals surface area (Å²) in [5.41, 5.74) is 1.82.